The van der Waals surface area contributed by atoms with Crippen LogP contribution in [0.3, 0.4) is 0 Å². The van der Waals surface area contributed by atoms with E-state index < -0.39 is 0 Å². The first-order chi connectivity index (χ1) is 8.01. The first kappa shape index (κ1) is 16.8. The van der Waals surface area contributed by atoms with Gasteiger partial charge >= 0.3 is 0 Å². The zero-order chi connectivity index (χ0) is 13.3. The van der Waals surface area contributed by atoms with E-state index in [0.717, 1.165) is 32.8 Å². The smallest absolute Gasteiger partial charge is 0.0630 e. The van der Waals surface area contributed by atoms with Crippen molar-refractivity contribution in [1.29, 1.82) is 0 Å². The monoisotopic (exact) mass is 245 g/mol. The SMILES string of the molecule is CNCC(COC)N(CCN(C)C)CC(C)C. The Balaban J connectivity index is 4.36. The van der Waals surface area contributed by atoms with E-state index in [1.54, 1.807) is 7.11 Å². The number of rotatable bonds is 10. The molecular formula is C13H31N3O. The molecular weight excluding hydrogens is 214 g/mol. The van der Waals surface area contributed by atoms with Crippen LogP contribution in [0.15, 0.2) is 0 Å². The fourth-order valence-electron chi connectivity index (χ4n) is 1.94. The summed E-state index contributed by atoms with van der Waals surface area (Å²) >= 11 is 0. The number of nitrogens with zero attached hydrogens (tertiary/aromatic N) is 2. The van der Waals surface area contributed by atoms with Gasteiger partial charge in [0, 0.05) is 39.3 Å². The van der Waals surface area contributed by atoms with Crippen LogP contribution in [0.1, 0.15) is 13.8 Å². The number of nitrogens with one attached hydrogen (secondary N) is 1. The molecule has 1 atom stereocenters. The topological polar surface area (TPSA) is 27.7 Å². The fourth-order valence-corrected chi connectivity index (χ4v) is 1.94. The number of likely N-dealkylation sites (N-methyl/N-ethyl adjacent to an activating group) is 2. The van der Waals surface area contributed by atoms with Crippen molar-refractivity contribution in [1.82, 2.24) is 15.1 Å². The molecule has 1 unspecified atom stereocenters. The van der Waals surface area contributed by atoms with Gasteiger partial charge in [-0.2, -0.15) is 0 Å². The number of ether oxygens (including phenoxy) is 1. The second-order valence-electron chi connectivity index (χ2n) is 5.36. The summed E-state index contributed by atoms with van der Waals surface area (Å²) in [7, 11) is 8.03. The van der Waals surface area contributed by atoms with Gasteiger partial charge in [-0.15, -0.1) is 0 Å². The highest BCUT2D eigenvalue weighted by Gasteiger charge is 2.18. The molecule has 0 fully saturated rings. The van der Waals surface area contributed by atoms with Crippen LogP contribution in [0.5, 0.6) is 0 Å². The maximum atomic E-state index is 5.33. The second-order valence-corrected chi connectivity index (χ2v) is 5.36. The molecule has 0 heterocycles. The zero-order valence-corrected chi connectivity index (χ0v) is 12.5. The maximum absolute atomic E-state index is 5.33. The van der Waals surface area contributed by atoms with Crippen molar-refractivity contribution >= 4 is 0 Å². The van der Waals surface area contributed by atoms with Gasteiger partial charge in [0.2, 0.25) is 0 Å². The van der Waals surface area contributed by atoms with Crippen LogP contribution in [-0.2, 0) is 4.74 Å². The van der Waals surface area contributed by atoms with E-state index in [1.165, 1.54) is 0 Å². The fraction of sp³-hybridized carbons (Fsp3) is 1.00. The Morgan fingerprint density at radius 3 is 2.24 bits per heavy atom. The molecule has 0 radical (unpaired) electrons. The normalized spacial score (nSPS) is 13.9. The van der Waals surface area contributed by atoms with Crippen molar-refractivity contribution in [2.24, 2.45) is 5.92 Å². The molecule has 0 aromatic heterocycles. The van der Waals surface area contributed by atoms with Gasteiger partial charge in [-0.05, 0) is 27.1 Å². The predicted molar refractivity (Wildman–Crippen MR) is 74.6 cm³/mol. The highest BCUT2D eigenvalue weighted by Crippen LogP contribution is 2.05. The van der Waals surface area contributed by atoms with Gasteiger partial charge in [-0.25, -0.2) is 0 Å². The largest absolute Gasteiger partial charge is 0.383 e. The molecule has 4 nitrogen and oxygen atoms in total. The van der Waals surface area contributed by atoms with Gasteiger partial charge < -0.3 is 15.0 Å². The summed E-state index contributed by atoms with van der Waals surface area (Å²) in [6.45, 7) is 9.63. The first-order valence-electron chi connectivity index (χ1n) is 6.53. The number of methoxy groups -OCH3 is 1. The Labute approximate surface area is 107 Å². The van der Waals surface area contributed by atoms with Crippen LogP contribution in [0, 0.1) is 5.92 Å². The third-order valence-corrected chi connectivity index (χ3v) is 2.75. The van der Waals surface area contributed by atoms with Gasteiger partial charge in [0.15, 0.2) is 0 Å². The molecule has 0 amide bonds. The quantitative estimate of drug-likeness (QED) is 0.614. The van der Waals surface area contributed by atoms with Gasteiger partial charge in [0.05, 0.1) is 6.61 Å². The number of hydrogen-bond acceptors (Lipinski definition) is 4. The van der Waals surface area contributed by atoms with Crippen LogP contribution >= 0.6 is 0 Å². The van der Waals surface area contributed by atoms with E-state index in [4.69, 9.17) is 4.74 Å². The van der Waals surface area contributed by atoms with Gasteiger partial charge in [-0.1, -0.05) is 13.8 Å². The van der Waals surface area contributed by atoms with Crippen molar-refractivity contribution in [2.45, 2.75) is 19.9 Å². The summed E-state index contributed by atoms with van der Waals surface area (Å²) in [5.41, 5.74) is 0. The molecule has 0 saturated carbocycles. The lowest BCUT2D eigenvalue weighted by molar-refractivity contribution is 0.0777. The summed E-state index contributed by atoms with van der Waals surface area (Å²) in [5.74, 6) is 0.688. The minimum Gasteiger partial charge on any atom is -0.383 e. The summed E-state index contributed by atoms with van der Waals surface area (Å²) in [6.07, 6.45) is 0. The predicted octanol–water partition coefficient (Wildman–Crippen LogP) is 0.740. The molecule has 0 aromatic carbocycles. The molecule has 104 valence electrons. The van der Waals surface area contributed by atoms with E-state index in [9.17, 15) is 0 Å². The molecule has 0 spiro atoms. The maximum Gasteiger partial charge on any atom is 0.0630 e. The molecule has 1 N–H and O–H groups in total. The van der Waals surface area contributed by atoms with Gasteiger partial charge in [0.25, 0.3) is 0 Å². The lowest BCUT2D eigenvalue weighted by Crippen LogP contribution is -2.48. The Morgan fingerprint density at radius 1 is 1.18 bits per heavy atom. The van der Waals surface area contributed by atoms with Gasteiger partial charge in [-0.3, -0.25) is 4.90 Å². The number of hydrogen-bond donors (Lipinski definition) is 1. The van der Waals surface area contributed by atoms with E-state index in [0.29, 0.717) is 12.0 Å². The average molecular weight is 245 g/mol. The Morgan fingerprint density at radius 2 is 1.82 bits per heavy atom. The zero-order valence-electron chi connectivity index (χ0n) is 12.5. The molecule has 17 heavy (non-hydrogen) atoms. The molecule has 0 aliphatic carbocycles. The molecule has 0 aliphatic heterocycles. The van der Waals surface area contributed by atoms with E-state index in [-0.39, 0.29) is 0 Å². The van der Waals surface area contributed by atoms with Crippen molar-refractivity contribution in [3.63, 3.8) is 0 Å². The van der Waals surface area contributed by atoms with Crippen molar-refractivity contribution in [3.8, 4) is 0 Å². The van der Waals surface area contributed by atoms with Crippen LogP contribution in [0.4, 0.5) is 0 Å². The summed E-state index contributed by atoms with van der Waals surface area (Å²) in [4.78, 5) is 4.77. The standard InChI is InChI=1S/C13H31N3O/c1-12(2)10-16(8-7-15(4)5)13(9-14-3)11-17-6/h12-14H,7-11H2,1-6H3. The van der Waals surface area contributed by atoms with E-state index >= 15 is 0 Å². The van der Waals surface area contributed by atoms with E-state index in [2.05, 4.69) is 43.1 Å². The van der Waals surface area contributed by atoms with E-state index in [1.807, 2.05) is 7.05 Å². The summed E-state index contributed by atoms with van der Waals surface area (Å²) in [5, 5.41) is 3.26. The van der Waals surface area contributed by atoms with Crippen LogP contribution < -0.4 is 5.32 Å². The van der Waals surface area contributed by atoms with Crippen molar-refractivity contribution in [2.75, 3.05) is 61.0 Å². The lowest BCUT2D eigenvalue weighted by Gasteiger charge is -2.33. The molecule has 4 heteroatoms. The molecule has 0 aromatic rings. The minimum absolute atomic E-state index is 0.465. The molecule has 0 rings (SSSR count). The Bertz CT molecular complexity index is 168. The molecule has 0 saturated heterocycles. The highest BCUT2D eigenvalue weighted by molar-refractivity contribution is 4.75. The van der Waals surface area contributed by atoms with Crippen LogP contribution in [0.25, 0.3) is 0 Å². The third-order valence-electron chi connectivity index (χ3n) is 2.75. The van der Waals surface area contributed by atoms with Gasteiger partial charge in [0.1, 0.15) is 0 Å². The molecule has 0 aliphatic rings. The molecule has 0 bridgehead atoms. The minimum atomic E-state index is 0.465. The first-order valence-corrected chi connectivity index (χ1v) is 6.53. The average Bonchev–Trinajstić information content (AvgIpc) is 2.23. The van der Waals surface area contributed by atoms with Crippen LogP contribution in [-0.4, -0.2) is 76.9 Å². The second kappa shape index (κ2) is 9.83. The third kappa shape index (κ3) is 8.55. The lowest BCUT2D eigenvalue weighted by atomic mass is 10.1. The Kier molecular flexibility index (Phi) is 9.74. The van der Waals surface area contributed by atoms with Crippen LogP contribution in [0.2, 0.25) is 0 Å². The van der Waals surface area contributed by atoms with Crippen molar-refractivity contribution in [3.05, 3.63) is 0 Å². The Hall–Kier alpha value is -0.160. The summed E-state index contributed by atoms with van der Waals surface area (Å²) in [6, 6.07) is 0.465. The highest BCUT2D eigenvalue weighted by atomic mass is 16.5. The summed E-state index contributed by atoms with van der Waals surface area (Å²) < 4.78 is 5.33. The van der Waals surface area contributed by atoms with Crippen molar-refractivity contribution < 1.29 is 4.74 Å².